The molecule has 2 saturated heterocycles. The van der Waals surface area contributed by atoms with Gasteiger partial charge in [0.2, 0.25) is 0 Å². The zero-order valence-electron chi connectivity index (χ0n) is 16.1. The van der Waals surface area contributed by atoms with Crippen molar-refractivity contribution in [3.8, 4) is 0 Å². The lowest BCUT2D eigenvalue weighted by molar-refractivity contribution is -0.106. The monoisotopic (exact) mass is 324 g/mol. The molecule has 0 spiro atoms. The van der Waals surface area contributed by atoms with Crippen LogP contribution in [0.15, 0.2) is 0 Å². The van der Waals surface area contributed by atoms with Crippen LogP contribution in [0.3, 0.4) is 0 Å². The van der Waals surface area contributed by atoms with Gasteiger partial charge in [-0.25, -0.2) is 4.39 Å². The lowest BCUT2D eigenvalue weighted by atomic mass is 9.68. The van der Waals surface area contributed by atoms with Gasteiger partial charge in [0, 0.05) is 37.3 Å². The summed E-state index contributed by atoms with van der Waals surface area (Å²) in [5.41, 5.74) is 0.405. The largest absolute Gasteiger partial charge is 0.295 e. The molecule has 2 heterocycles. The summed E-state index contributed by atoms with van der Waals surface area (Å²) in [5.74, 6) is 0.834. The molecule has 5 atom stereocenters. The molecule has 0 aromatic heterocycles. The van der Waals surface area contributed by atoms with Crippen LogP contribution in [0.2, 0.25) is 0 Å². The molecule has 3 rings (SSSR count). The van der Waals surface area contributed by atoms with Crippen molar-refractivity contribution in [3.05, 3.63) is 0 Å². The van der Waals surface area contributed by atoms with Crippen molar-refractivity contribution < 1.29 is 4.39 Å². The Morgan fingerprint density at radius 1 is 0.913 bits per heavy atom. The Bertz CT molecular complexity index is 410. The van der Waals surface area contributed by atoms with Crippen molar-refractivity contribution in [1.29, 1.82) is 0 Å². The molecule has 3 heteroatoms. The van der Waals surface area contributed by atoms with Gasteiger partial charge in [0.25, 0.3) is 0 Å². The van der Waals surface area contributed by atoms with Crippen molar-refractivity contribution in [2.45, 2.75) is 91.0 Å². The Morgan fingerprint density at radius 3 is 2.00 bits per heavy atom. The number of nitrogens with zero attached hydrogens (tertiary/aromatic N) is 2. The molecule has 2 nitrogen and oxygen atoms in total. The normalized spacial score (nSPS) is 40.0. The molecule has 1 saturated carbocycles. The molecule has 0 radical (unpaired) electrons. The Hall–Kier alpha value is -0.150. The molecule has 0 aromatic carbocycles. The fourth-order valence-corrected chi connectivity index (χ4v) is 5.17. The first-order valence-electron chi connectivity index (χ1n) is 9.70. The summed E-state index contributed by atoms with van der Waals surface area (Å²) in [5, 5.41) is 0. The van der Waals surface area contributed by atoms with E-state index in [9.17, 15) is 4.39 Å². The summed E-state index contributed by atoms with van der Waals surface area (Å²) >= 11 is 0. The van der Waals surface area contributed by atoms with Crippen LogP contribution in [-0.4, -0.2) is 53.2 Å². The van der Waals surface area contributed by atoms with Gasteiger partial charge in [-0.3, -0.25) is 9.80 Å². The SMILES string of the molecule is CC(C)(C)C1CCC(CN2C3CC2CN(C(C)(C)C)C3)CC1F. The highest BCUT2D eigenvalue weighted by molar-refractivity contribution is 5.04. The van der Waals surface area contributed by atoms with Crippen molar-refractivity contribution in [2.75, 3.05) is 19.6 Å². The number of fused-ring (bicyclic) bond motifs is 2. The van der Waals surface area contributed by atoms with Gasteiger partial charge in [0.1, 0.15) is 6.17 Å². The van der Waals surface area contributed by atoms with Crippen LogP contribution >= 0.6 is 0 Å². The summed E-state index contributed by atoms with van der Waals surface area (Å²) in [6.45, 7) is 17.1. The molecule has 3 fully saturated rings. The number of hydrogen-bond acceptors (Lipinski definition) is 2. The molecule has 5 unspecified atom stereocenters. The maximum Gasteiger partial charge on any atom is 0.104 e. The first-order chi connectivity index (χ1) is 10.6. The Balaban J connectivity index is 1.51. The van der Waals surface area contributed by atoms with Crippen LogP contribution in [0.4, 0.5) is 4.39 Å². The minimum absolute atomic E-state index is 0.116. The van der Waals surface area contributed by atoms with E-state index in [2.05, 4.69) is 51.3 Å². The van der Waals surface area contributed by atoms with Gasteiger partial charge in [0.05, 0.1) is 0 Å². The van der Waals surface area contributed by atoms with E-state index in [0.29, 0.717) is 5.92 Å². The van der Waals surface area contributed by atoms with Crippen molar-refractivity contribution in [1.82, 2.24) is 9.80 Å². The second kappa shape index (κ2) is 5.98. The summed E-state index contributed by atoms with van der Waals surface area (Å²) in [4.78, 5) is 5.34. The molecule has 0 aromatic rings. The van der Waals surface area contributed by atoms with Gasteiger partial charge in [-0.15, -0.1) is 0 Å². The van der Waals surface area contributed by atoms with E-state index in [1.807, 2.05) is 0 Å². The number of likely N-dealkylation sites (tertiary alicyclic amines) is 2. The van der Waals surface area contributed by atoms with Gasteiger partial charge in [-0.05, 0) is 63.7 Å². The van der Waals surface area contributed by atoms with E-state index in [4.69, 9.17) is 0 Å². The second-order valence-corrected chi connectivity index (χ2v) is 10.5. The van der Waals surface area contributed by atoms with E-state index in [1.54, 1.807) is 0 Å². The fraction of sp³-hybridized carbons (Fsp3) is 1.00. The summed E-state index contributed by atoms with van der Waals surface area (Å²) in [6, 6.07) is 1.46. The highest BCUT2D eigenvalue weighted by Gasteiger charge is 2.48. The predicted molar refractivity (Wildman–Crippen MR) is 95.4 cm³/mol. The van der Waals surface area contributed by atoms with Crippen LogP contribution < -0.4 is 0 Å². The highest BCUT2D eigenvalue weighted by atomic mass is 19.1. The molecule has 23 heavy (non-hydrogen) atoms. The van der Waals surface area contributed by atoms with E-state index >= 15 is 0 Å². The number of halogens is 1. The van der Waals surface area contributed by atoms with Gasteiger partial charge in [0.15, 0.2) is 0 Å². The fourth-order valence-electron chi connectivity index (χ4n) is 5.17. The molecule has 134 valence electrons. The standard InChI is InChI=1S/C20H37FN2/c1-19(2,3)17-8-7-14(9-18(17)21)11-23-15-10-16(23)13-22(12-15)20(4,5)6/h14-18H,7-13H2,1-6H3. The zero-order valence-corrected chi connectivity index (χ0v) is 16.1. The predicted octanol–water partition coefficient (Wildman–Crippen LogP) is 4.34. The molecular formula is C20H37FN2. The van der Waals surface area contributed by atoms with E-state index < -0.39 is 6.17 Å². The first-order valence-corrected chi connectivity index (χ1v) is 9.70. The minimum Gasteiger partial charge on any atom is -0.295 e. The lowest BCUT2D eigenvalue weighted by Crippen LogP contribution is -2.71. The third-order valence-electron chi connectivity index (χ3n) is 6.76. The van der Waals surface area contributed by atoms with Gasteiger partial charge < -0.3 is 0 Å². The summed E-state index contributed by atoms with van der Waals surface area (Å²) in [7, 11) is 0. The first kappa shape index (κ1) is 17.7. The molecule has 2 bridgehead atoms. The molecule has 0 N–H and O–H groups in total. The number of piperazine rings is 1. The number of rotatable bonds is 2. The Morgan fingerprint density at radius 2 is 1.52 bits per heavy atom. The van der Waals surface area contributed by atoms with Gasteiger partial charge in [-0.1, -0.05) is 20.8 Å². The zero-order chi connectivity index (χ0) is 17.0. The minimum atomic E-state index is -0.596. The molecular weight excluding hydrogens is 287 g/mol. The van der Waals surface area contributed by atoms with Gasteiger partial charge >= 0.3 is 0 Å². The average molecular weight is 325 g/mol. The van der Waals surface area contributed by atoms with Crippen LogP contribution in [0, 0.1) is 17.3 Å². The van der Waals surface area contributed by atoms with Crippen molar-refractivity contribution in [2.24, 2.45) is 17.3 Å². The molecule has 1 aliphatic carbocycles. The van der Waals surface area contributed by atoms with Crippen LogP contribution in [0.5, 0.6) is 0 Å². The van der Waals surface area contributed by atoms with Gasteiger partial charge in [-0.2, -0.15) is 0 Å². The highest BCUT2D eigenvalue weighted by Crippen LogP contribution is 2.43. The van der Waals surface area contributed by atoms with E-state index in [-0.39, 0.29) is 16.9 Å². The Labute approximate surface area is 142 Å². The van der Waals surface area contributed by atoms with E-state index in [0.717, 1.165) is 31.5 Å². The summed E-state index contributed by atoms with van der Waals surface area (Å²) < 4.78 is 14.6. The second-order valence-electron chi connectivity index (χ2n) is 10.5. The number of hydrogen-bond donors (Lipinski definition) is 0. The van der Waals surface area contributed by atoms with Crippen LogP contribution in [0.1, 0.15) is 67.2 Å². The maximum atomic E-state index is 14.6. The third kappa shape index (κ3) is 3.61. The smallest absolute Gasteiger partial charge is 0.104 e. The van der Waals surface area contributed by atoms with Crippen LogP contribution in [0.25, 0.3) is 0 Å². The molecule has 0 amide bonds. The molecule has 3 aliphatic rings. The van der Waals surface area contributed by atoms with E-state index in [1.165, 1.54) is 25.9 Å². The third-order valence-corrected chi connectivity index (χ3v) is 6.76. The average Bonchev–Trinajstić information content (AvgIpc) is 2.42. The van der Waals surface area contributed by atoms with Crippen molar-refractivity contribution >= 4 is 0 Å². The number of alkyl halides is 1. The molecule has 2 aliphatic heterocycles. The topological polar surface area (TPSA) is 6.48 Å². The van der Waals surface area contributed by atoms with Crippen molar-refractivity contribution in [3.63, 3.8) is 0 Å². The van der Waals surface area contributed by atoms with Crippen LogP contribution in [-0.2, 0) is 0 Å². The number of piperidine rings is 1. The summed E-state index contributed by atoms with van der Waals surface area (Å²) in [6.07, 6.45) is 3.86. The Kier molecular flexibility index (Phi) is 4.59. The maximum absolute atomic E-state index is 14.6. The lowest BCUT2D eigenvalue weighted by Gasteiger charge is -2.60. The quantitative estimate of drug-likeness (QED) is 0.745.